The van der Waals surface area contributed by atoms with Crippen LogP contribution in [0.3, 0.4) is 0 Å². The van der Waals surface area contributed by atoms with E-state index in [0.717, 1.165) is 12.0 Å². The summed E-state index contributed by atoms with van der Waals surface area (Å²) < 4.78 is 0. The van der Waals surface area contributed by atoms with Crippen molar-refractivity contribution in [1.82, 2.24) is 0 Å². The first-order chi connectivity index (χ1) is 9.76. The van der Waals surface area contributed by atoms with Gasteiger partial charge in [-0.1, -0.05) is 54.5 Å². The number of benzene rings is 1. The fourth-order valence-corrected chi connectivity index (χ4v) is 2.77. The van der Waals surface area contributed by atoms with E-state index in [0.29, 0.717) is 0 Å². The normalized spacial score (nSPS) is 15.2. The average Bonchev–Trinajstić information content (AvgIpc) is 2.82. The molecule has 1 aliphatic rings. The molecular formula is C20H20. The molecule has 0 aromatic heterocycles. The lowest BCUT2D eigenvalue weighted by Gasteiger charge is -2.10. The van der Waals surface area contributed by atoms with Crippen molar-refractivity contribution in [3.63, 3.8) is 0 Å². The molecule has 0 N–H and O–H groups in total. The van der Waals surface area contributed by atoms with Crippen molar-refractivity contribution in [1.29, 1.82) is 0 Å². The highest BCUT2D eigenvalue weighted by Gasteiger charge is 2.21. The molecule has 0 atom stereocenters. The molecule has 0 nitrogen and oxygen atoms in total. The van der Waals surface area contributed by atoms with Crippen LogP contribution in [0, 0.1) is 12.3 Å². The fraction of sp³-hybridized carbons (Fsp3) is 0.200. The monoisotopic (exact) mass is 260 g/mol. The molecule has 100 valence electrons. The largest absolute Gasteiger partial charge is 0.115 e. The average molecular weight is 260 g/mol. The molecule has 0 aliphatic heterocycles. The highest BCUT2D eigenvalue weighted by molar-refractivity contribution is 5.91. The Labute approximate surface area is 122 Å². The van der Waals surface area contributed by atoms with Crippen molar-refractivity contribution >= 4 is 11.1 Å². The van der Waals surface area contributed by atoms with Crippen LogP contribution in [-0.2, 0) is 6.42 Å². The van der Waals surface area contributed by atoms with Crippen LogP contribution >= 0.6 is 0 Å². The zero-order valence-corrected chi connectivity index (χ0v) is 12.4. The van der Waals surface area contributed by atoms with Gasteiger partial charge in [-0.2, -0.15) is 0 Å². The molecule has 20 heavy (non-hydrogen) atoms. The molecule has 0 heteroatoms. The van der Waals surface area contributed by atoms with Crippen LogP contribution in [0.5, 0.6) is 0 Å². The summed E-state index contributed by atoms with van der Waals surface area (Å²) in [5.74, 6) is 2.86. The molecule has 0 bridgehead atoms. The number of hydrogen-bond donors (Lipinski definition) is 0. The van der Waals surface area contributed by atoms with Crippen LogP contribution in [0.15, 0.2) is 54.2 Å². The zero-order valence-electron chi connectivity index (χ0n) is 12.4. The van der Waals surface area contributed by atoms with Gasteiger partial charge >= 0.3 is 0 Å². The summed E-state index contributed by atoms with van der Waals surface area (Å²) in [6, 6.07) is 6.41. The van der Waals surface area contributed by atoms with Gasteiger partial charge in [0.05, 0.1) is 0 Å². The maximum absolute atomic E-state index is 5.72. The van der Waals surface area contributed by atoms with E-state index in [4.69, 9.17) is 6.42 Å². The Hall–Kier alpha value is -2.26. The van der Waals surface area contributed by atoms with Gasteiger partial charge in [-0.05, 0) is 55.0 Å². The van der Waals surface area contributed by atoms with Gasteiger partial charge in [-0.3, -0.25) is 0 Å². The minimum absolute atomic E-state index is 0.921. The number of terminal acetylenes is 1. The van der Waals surface area contributed by atoms with E-state index in [-0.39, 0.29) is 0 Å². The molecule has 1 aliphatic carbocycles. The van der Waals surface area contributed by atoms with Crippen molar-refractivity contribution in [2.24, 2.45) is 0 Å². The van der Waals surface area contributed by atoms with Crippen LogP contribution in [0.4, 0.5) is 0 Å². The second-order valence-electron chi connectivity index (χ2n) is 4.80. The highest BCUT2D eigenvalue weighted by atomic mass is 14.2. The topological polar surface area (TPSA) is 0 Å². The van der Waals surface area contributed by atoms with Crippen LogP contribution in [-0.4, -0.2) is 0 Å². The van der Waals surface area contributed by atoms with Gasteiger partial charge < -0.3 is 0 Å². The van der Waals surface area contributed by atoms with E-state index in [1.54, 1.807) is 0 Å². The molecule has 0 unspecified atom stereocenters. The van der Waals surface area contributed by atoms with Crippen molar-refractivity contribution in [2.75, 3.05) is 0 Å². The lowest BCUT2D eigenvalue weighted by Crippen LogP contribution is -1.92. The zero-order chi connectivity index (χ0) is 14.5. The maximum Gasteiger partial charge on any atom is 0.0353 e. The smallest absolute Gasteiger partial charge is 0.0353 e. The molecule has 0 radical (unpaired) electrons. The molecule has 0 saturated heterocycles. The number of hydrogen-bond acceptors (Lipinski definition) is 0. The number of fused-ring (bicyclic) bond motifs is 1. The minimum atomic E-state index is 0.921. The second-order valence-corrected chi connectivity index (χ2v) is 4.80. The van der Waals surface area contributed by atoms with Crippen molar-refractivity contribution < 1.29 is 0 Å². The molecule has 1 aromatic rings. The van der Waals surface area contributed by atoms with E-state index in [9.17, 15) is 0 Å². The van der Waals surface area contributed by atoms with Crippen molar-refractivity contribution in [3.8, 4) is 12.3 Å². The van der Waals surface area contributed by atoms with Gasteiger partial charge in [-0.25, -0.2) is 0 Å². The summed E-state index contributed by atoms with van der Waals surface area (Å²) in [4.78, 5) is 0. The highest BCUT2D eigenvalue weighted by Crippen LogP contribution is 2.37. The van der Waals surface area contributed by atoms with Crippen molar-refractivity contribution in [2.45, 2.75) is 27.2 Å². The third-order valence-corrected chi connectivity index (χ3v) is 3.61. The first kappa shape index (κ1) is 14.2. The van der Waals surface area contributed by atoms with Gasteiger partial charge in [0.2, 0.25) is 0 Å². The first-order valence-electron chi connectivity index (χ1n) is 7.00. The van der Waals surface area contributed by atoms with Gasteiger partial charge in [0.25, 0.3) is 0 Å². The lowest BCUT2D eigenvalue weighted by atomic mass is 9.94. The standard InChI is InChI=1S/C20H20/c1-5-10-15(7-3)18-12-9-13-19-17(8-4)16(11-6-2)14-20(18)19/h4-7,9-13H,14H2,1-3H3/b10-5-,11-6-,15-7+. The molecular weight excluding hydrogens is 240 g/mol. The van der Waals surface area contributed by atoms with Crippen LogP contribution in [0.2, 0.25) is 0 Å². The van der Waals surface area contributed by atoms with Gasteiger partial charge in [0, 0.05) is 5.57 Å². The van der Waals surface area contributed by atoms with E-state index >= 15 is 0 Å². The molecule has 0 amide bonds. The number of allylic oxidation sites excluding steroid dienone is 8. The first-order valence-corrected chi connectivity index (χ1v) is 7.00. The fourth-order valence-electron chi connectivity index (χ4n) is 2.77. The Balaban J connectivity index is 2.60. The predicted octanol–water partition coefficient (Wildman–Crippen LogP) is 5.19. The summed E-state index contributed by atoms with van der Waals surface area (Å²) in [7, 11) is 0. The second kappa shape index (κ2) is 6.26. The molecule has 0 fully saturated rings. The Morgan fingerprint density at radius 3 is 2.60 bits per heavy atom. The predicted molar refractivity (Wildman–Crippen MR) is 89.2 cm³/mol. The van der Waals surface area contributed by atoms with Crippen LogP contribution < -0.4 is 0 Å². The van der Waals surface area contributed by atoms with E-state index in [1.165, 1.54) is 27.8 Å². The minimum Gasteiger partial charge on any atom is -0.115 e. The third-order valence-electron chi connectivity index (χ3n) is 3.61. The summed E-state index contributed by atoms with van der Waals surface area (Å²) in [5.41, 5.74) is 7.38. The van der Waals surface area contributed by atoms with Gasteiger partial charge in [0.1, 0.15) is 0 Å². The van der Waals surface area contributed by atoms with E-state index < -0.39 is 0 Å². The van der Waals surface area contributed by atoms with Crippen LogP contribution in [0.1, 0.15) is 37.5 Å². The lowest BCUT2D eigenvalue weighted by molar-refractivity contribution is 1.23. The molecule has 0 heterocycles. The molecule has 0 spiro atoms. The SMILES string of the molecule is C#CC1=C(/C=C\C)Cc2c1cccc2C(/C=C\C)=C/C. The van der Waals surface area contributed by atoms with Crippen molar-refractivity contribution in [3.05, 3.63) is 70.8 Å². The van der Waals surface area contributed by atoms with Gasteiger partial charge in [0.15, 0.2) is 0 Å². The van der Waals surface area contributed by atoms with E-state index in [2.05, 4.69) is 61.4 Å². The summed E-state index contributed by atoms with van der Waals surface area (Å²) in [6.45, 7) is 6.15. The maximum atomic E-state index is 5.72. The van der Waals surface area contributed by atoms with E-state index in [1.807, 2.05) is 13.8 Å². The summed E-state index contributed by atoms with van der Waals surface area (Å²) >= 11 is 0. The molecule has 0 saturated carbocycles. The Morgan fingerprint density at radius 2 is 2.00 bits per heavy atom. The van der Waals surface area contributed by atoms with Gasteiger partial charge in [-0.15, -0.1) is 6.42 Å². The molecule has 1 aromatic carbocycles. The third kappa shape index (κ3) is 2.40. The Morgan fingerprint density at radius 1 is 1.20 bits per heavy atom. The molecule has 2 rings (SSSR count). The Kier molecular flexibility index (Phi) is 4.43. The Bertz CT molecular complexity index is 670. The summed E-state index contributed by atoms with van der Waals surface area (Å²) in [6.07, 6.45) is 17.2. The number of rotatable bonds is 3. The van der Waals surface area contributed by atoms with Crippen LogP contribution in [0.25, 0.3) is 11.1 Å². The summed E-state index contributed by atoms with van der Waals surface area (Å²) in [5, 5.41) is 0. The quantitative estimate of drug-likeness (QED) is 0.518.